The van der Waals surface area contributed by atoms with Crippen LogP contribution in [0.1, 0.15) is 34.3 Å². The van der Waals surface area contributed by atoms with Crippen LogP contribution in [0.4, 0.5) is 26.3 Å². The summed E-state index contributed by atoms with van der Waals surface area (Å²) in [5.41, 5.74) is -3.69. The van der Waals surface area contributed by atoms with E-state index >= 15 is 0 Å². The average molecular weight is 355 g/mol. The number of hydrogen-bond donors (Lipinski definition) is 1. The van der Waals surface area contributed by atoms with Gasteiger partial charge in [-0.25, -0.2) is 0 Å². The standard InChI is InChI=1S/C15H15F6NO2/c16-14(17,18)11-4-10(5-12(6-11)15(19,20)21)13(24)22-3-1-2-9(7-22)8-23/h4-6,9,23H,1-3,7-8H2. The number of aliphatic hydroxyl groups is 1. The van der Waals surface area contributed by atoms with Gasteiger partial charge in [-0.1, -0.05) is 0 Å². The van der Waals surface area contributed by atoms with Crippen LogP contribution in [0.5, 0.6) is 0 Å². The third-order valence-corrected chi connectivity index (χ3v) is 3.90. The van der Waals surface area contributed by atoms with Crippen molar-refractivity contribution in [3.05, 3.63) is 34.9 Å². The molecule has 24 heavy (non-hydrogen) atoms. The van der Waals surface area contributed by atoms with E-state index in [1.54, 1.807) is 0 Å². The van der Waals surface area contributed by atoms with E-state index in [9.17, 15) is 31.1 Å². The number of hydrogen-bond acceptors (Lipinski definition) is 2. The number of benzene rings is 1. The Bertz CT molecular complexity index is 579. The molecule has 1 saturated heterocycles. The quantitative estimate of drug-likeness (QED) is 0.824. The monoisotopic (exact) mass is 355 g/mol. The van der Waals surface area contributed by atoms with Crippen molar-refractivity contribution < 1.29 is 36.2 Å². The van der Waals surface area contributed by atoms with Gasteiger partial charge in [0, 0.05) is 25.3 Å². The van der Waals surface area contributed by atoms with Crippen LogP contribution in [-0.2, 0) is 12.4 Å². The summed E-state index contributed by atoms with van der Waals surface area (Å²) in [6, 6.07) is 0.851. The number of rotatable bonds is 2. The van der Waals surface area contributed by atoms with Crippen molar-refractivity contribution in [2.75, 3.05) is 19.7 Å². The zero-order valence-electron chi connectivity index (χ0n) is 12.4. The predicted octanol–water partition coefficient (Wildman–Crippen LogP) is 3.57. The van der Waals surface area contributed by atoms with E-state index in [2.05, 4.69) is 0 Å². The van der Waals surface area contributed by atoms with Crippen molar-refractivity contribution in [2.45, 2.75) is 25.2 Å². The number of carbonyl (C=O) groups is 1. The zero-order valence-corrected chi connectivity index (χ0v) is 12.4. The van der Waals surface area contributed by atoms with E-state index in [0.29, 0.717) is 25.0 Å². The lowest BCUT2D eigenvalue weighted by Gasteiger charge is -2.32. The third kappa shape index (κ3) is 4.19. The second kappa shape index (κ2) is 6.62. The molecule has 1 amide bonds. The Morgan fingerprint density at radius 3 is 2.08 bits per heavy atom. The fraction of sp³-hybridized carbons (Fsp3) is 0.533. The van der Waals surface area contributed by atoms with E-state index in [-0.39, 0.29) is 31.7 Å². The lowest BCUT2D eigenvalue weighted by atomic mass is 9.97. The first-order valence-electron chi connectivity index (χ1n) is 7.22. The number of alkyl halides is 6. The molecule has 9 heteroatoms. The summed E-state index contributed by atoms with van der Waals surface area (Å²) >= 11 is 0. The molecule has 1 aliphatic heterocycles. The molecule has 134 valence electrons. The number of nitrogens with zero attached hydrogens (tertiary/aromatic N) is 1. The molecular weight excluding hydrogens is 340 g/mol. The second-order valence-corrected chi connectivity index (χ2v) is 5.74. The zero-order chi connectivity index (χ0) is 18.1. The van der Waals surface area contributed by atoms with E-state index in [0.717, 1.165) is 0 Å². The van der Waals surface area contributed by atoms with Crippen LogP contribution >= 0.6 is 0 Å². The summed E-state index contributed by atoms with van der Waals surface area (Å²) in [4.78, 5) is 13.5. The fourth-order valence-corrected chi connectivity index (χ4v) is 2.66. The highest BCUT2D eigenvalue weighted by Crippen LogP contribution is 2.36. The van der Waals surface area contributed by atoms with Crippen molar-refractivity contribution in [3.63, 3.8) is 0 Å². The molecule has 1 fully saturated rings. The molecule has 1 aromatic carbocycles. The van der Waals surface area contributed by atoms with Gasteiger partial charge in [0.15, 0.2) is 0 Å². The summed E-state index contributed by atoms with van der Waals surface area (Å²) in [6.07, 6.45) is -8.81. The Morgan fingerprint density at radius 1 is 1.08 bits per heavy atom. The van der Waals surface area contributed by atoms with Crippen LogP contribution in [0, 0.1) is 5.92 Å². The molecule has 1 heterocycles. The van der Waals surface area contributed by atoms with Crippen molar-refractivity contribution in [1.29, 1.82) is 0 Å². The molecule has 0 aliphatic carbocycles. The maximum absolute atomic E-state index is 12.8. The van der Waals surface area contributed by atoms with Gasteiger partial charge >= 0.3 is 12.4 Å². The van der Waals surface area contributed by atoms with E-state index in [1.807, 2.05) is 0 Å². The van der Waals surface area contributed by atoms with Gasteiger partial charge in [-0.2, -0.15) is 26.3 Å². The Hall–Kier alpha value is -1.77. The van der Waals surface area contributed by atoms with Crippen molar-refractivity contribution >= 4 is 5.91 Å². The summed E-state index contributed by atoms with van der Waals surface area (Å²) < 4.78 is 77.0. The molecule has 0 saturated carbocycles. The minimum absolute atomic E-state index is 0.0104. The molecular formula is C15H15F6NO2. The first-order chi connectivity index (χ1) is 11.0. The van der Waals surface area contributed by atoms with Crippen LogP contribution in [0.3, 0.4) is 0 Å². The van der Waals surface area contributed by atoms with Gasteiger partial charge in [0.25, 0.3) is 5.91 Å². The maximum atomic E-state index is 12.8. The van der Waals surface area contributed by atoms with Gasteiger partial charge in [-0.15, -0.1) is 0 Å². The molecule has 1 aromatic rings. The van der Waals surface area contributed by atoms with Crippen molar-refractivity contribution in [2.24, 2.45) is 5.92 Å². The van der Waals surface area contributed by atoms with Gasteiger partial charge in [0.2, 0.25) is 0 Å². The number of carbonyl (C=O) groups excluding carboxylic acids is 1. The van der Waals surface area contributed by atoms with Gasteiger partial charge in [0.1, 0.15) is 0 Å². The molecule has 0 bridgehead atoms. The maximum Gasteiger partial charge on any atom is 0.416 e. The summed E-state index contributed by atoms with van der Waals surface area (Å²) in [7, 11) is 0. The van der Waals surface area contributed by atoms with Gasteiger partial charge < -0.3 is 10.0 Å². The molecule has 3 nitrogen and oxygen atoms in total. The molecule has 2 rings (SSSR count). The SMILES string of the molecule is O=C(c1cc(C(F)(F)F)cc(C(F)(F)F)c1)N1CCCC(CO)C1. The Morgan fingerprint density at radius 2 is 1.62 bits per heavy atom. The number of piperidine rings is 1. The van der Waals surface area contributed by atoms with Crippen LogP contribution in [0.2, 0.25) is 0 Å². The topological polar surface area (TPSA) is 40.5 Å². The van der Waals surface area contributed by atoms with Crippen LogP contribution in [0.15, 0.2) is 18.2 Å². The molecule has 1 N–H and O–H groups in total. The van der Waals surface area contributed by atoms with Gasteiger partial charge in [-0.3, -0.25) is 4.79 Å². The molecule has 0 spiro atoms. The predicted molar refractivity (Wildman–Crippen MR) is 72.2 cm³/mol. The Balaban J connectivity index is 2.39. The number of amides is 1. The normalized spacial score (nSPS) is 19.5. The molecule has 1 aliphatic rings. The first kappa shape index (κ1) is 18.6. The highest BCUT2D eigenvalue weighted by atomic mass is 19.4. The minimum atomic E-state index is -4.99. The lowest BCUT2D eigenvalue weighted by molar-refractivity contribution is -0.143. The van der Waals surface area contributed by atoms with Gasteiger partial charge in [0.05, 0.1) is 11.1 Å². The molecule has 1 atom stereocenters. The largest absolute Gasteiger partial charge is 0.416 e. The lowest BCUT2D eigenvalue weighted by Crippen LogP contribution is -2.41. The smallest absolute Gasteiger partial charge is 0.396 e. The fourth-order valence-electron chi connectivity index (χ4n) is 2.66. The Kier molecular flexibility index (Phi) is 5.12. The van der Waals surface area contributed by atoms with Crippen LogP contribution in [0.25, 0.3) is 0 Å². The summed E-state index contributed by atoms with van der Waals surface area (Å²) in [6.45, 7) is 0.139. The summed E-state index contributed by atoms with van der Waals surface area (Å²) in [5, 5.41) is 9.13. The molecule has 1 unspecified atom stereocenters. The number of likely N-dealkylation sites (tertiary alicyclic amines) is 1. The highest BCUT2D eigenvalue weighted by molar-refractivity contribution is 5.94. The minimum Gasteiger partial charge on any atom is -0.396 e. The average Bonchev–Trinajstić information content (AvgIpc) is 2.52. The Labute approximate surface area is 133 Å². The number of aliphatic hydroxyl groups excluding tert-OH is 1. The third-order valence-electron chi connectivity index (χ3n) is 3.90. The second-order valence-electron chi connectivity index (χ2n) is 5.74. The summed E-state index contributed by atoms with van der Waals surface area (Å²) in [5.74, 6) is -1.12. The van der Waals surface area contributed by atoms with E-state index in [4.69, 9.17) is 5.11 Å². The number of halogens is 6. The van der Waals surface area contributed by atoms with Crippen molar-refractivity contribution in [1.82, 2.24) is 4.90 Å². The molecule has 0 radical (unpaired) electrons. The van der Waals surface area contributed by atoms with E-state index < -0.39 is 35.0 Å². The van der Waals surface area contributed by atoms with Crippen molar-refractivity contribution in [3.8, 4) is 0 Å². The highest BCUT2D eigenvalue weighted by Gasteiger charge is 2.38. The first-order valence-corrected chi connectivity index (χ1v) is 7.22. The van der Waals surface area contributed by atoms with Crippen LogP contribution in [-0.4, -0.2) is 35.6 Å². The molecule has 0 aromatic heterocycles. The van der Waals surface area contributed by atoms with Gasteiger partial charge in [-0.05, 0) is 37.0 Å². The van der Waals surface area contributed by atoms with Crippen LogP contribution < -0.4 is 0 Å². The van der Waals surface area contributed by atoms with E-state index in [1.165, 1.54) is 4.90 Å².